The van der Waals surface area contributed by atoms with Crippen LogP contribution in [0.15, 0.2) is 291 Å². The van der Waals surface area contributed by atoms with Crippen LogP contribution in [-0.2, 0) is 0 Å². The highest BCUT2D eigenvalue weighted by Crippen LogP contribution is 2.53. The summed E-state index contributed by atoms with van der Waals surface area (Å²) in [7, 11) is 0. The van der Waals surface area contributed by atoms with Crippen LogP contribution in [0.4, 0.5) is 0 Å². The molecule has 7 heterocycles. The van der Waals surface area contributed by atoms with Crippen LogP contribution in [-0.4, -0.2) is 69.8 Å². The van der Waals surface area contributed by atoms with Gasteiger partial charge in [-0.2, -0.15) is 0 Å². The van der Waals surface area contributed by atoms with Crippen LogP contribution in [0.25, 0.3) is 200 Å². The minimum absolute atomic E-state index is 0.260. The van der Waals surface area contributed by atoms with Gasteiger partial charge in [-0.05, 0) is 30.3 Å². The smallest absolute Gasteiger partial charge is 0.166 e. The van der Waals surface area contributed by atoms with E-state index in [2.05, 4.69) is 58.5 Å². The van der Waals surface area contributed by atoms with Crippen LogP contribution in [0.5, 0.6) is 0 Å². The number of hydrogen-bond donors (Lipinski definition) is 2. The Bertz CT molecular complexity index is 6090. The molecular formula is C84H50N14S. The van der Waals surface area contributed by atoms with Crippen molar-refractivity contribution in [3.63, 3.8) is 0 Å². The summed E-state index contributed by atoms with van der Waals surface area (Å²) in [6, 6.07) is 97.7. The van der Waals surface area contributed by atoms with Crippen LogP contribution in [0.2, 0.25) is 0 Å². The summed E-state index contributed by atoms with van der Waals surface area (Å²) in [6.45, 7) is 0. The Morgan fingerprint density at radius 3 is 0.798 bits per heavy atom. The lowest BCUT2D eigenvalue weighted by Crippen LogP contribution is -2.09. The molecule has 0 fully saturated rings. The van der Waals surface area contributed by atoms with E-state index in [0.717, 1.165) is 103 Å². The maximum atomic E-state index is 5.73. The summed E-state index contributed by atoms with van der Waals surface area (Å²) in [4.78, 5) is 74.8. The molecule has 14 nitrogen and oxygen atoms in total. The van der Waals surface area contributed by atoms with Gasteiger partial charge in [0.1, 0.15) is 0 Å². The van der Waals surface area contributed by atoms with Crippen molar-refractivity contribution in [2.75, 3.05) is 0 Å². The molecule has 12 aromatic carbocycles. The molecule has 0 radical (unpaired) electrons. The summed E-state index contributed by atoms with van der Waals surface area (Å²) in [5, 5.41) is 6.05. The number of para-hydroxylation sites is 1. The third-order valence-electron chi connectivity index (χ3n) is 18.0. The molecule has 0 unspecified atom stereocenters. The first-order valence-corrected chi connectivity index (χ1v) is 33.3. The topological polar surface area (TPSA) is 186 Å². The second-order valence-corrected chi connectivity index (χ2v) is 25.2. The average molecular weight is 1290 g/mol. The van der Waals surface area contributed by atoms with Gasteiger partial charge < -0.3 is 9.97 Å². The third kappa shape index (κ3) is 10.2. The van der Waals surface area contributed by atoms with E-state index < -0.39 is 0 Å². The van der Waals surface area contributed by atoms with E-state index in [1.54, 1.807) is 11.3 Å². The molecular weight excluding hydrogens is 1240 g/mol. The van der Waals surface area contributed by atoms with Crippen LogP contribution in [0, 0.1) is 0 Å². The van der Waals surface area contributed by atoms with Gasteiger partial charge >= 0.3 is 0 Å². The number of thiophene rings is 1. The number of benzene rings is 12. The van der Waals surface area contributed by atoms with E-state index >= 15 is 0 Å². The van der Waals surface area contributed by atoms with Gasteiger partial charge in [-0.1, -0.05) is 261 Å². The quantitative estimate of drug-likeness (QED) is 0.118. The van der Waals surface area contributed by atoms with Crippen molar-refractivity contribution in [1.29, 1.82) is 0 Å². The van der Waals surface area contributed by atoms with E-state index in [1.165, 1.54) is 0 Å². The number of rotatable bonds is 12. The highest BCUT2D eigenvalue weighted by atomic mass is 32.1. The molecule has 0 saturated heterocycles. The largest absolute Gasteiger partial charge is 0.354 e. The number of aromatic amines is 2. The van der Waals surface area contributed by atoms with Gasteiger partial charge in [-0.3, -0.25) is 0 Å². The van der Waals surface area contributed by atoms with Crippen molar-refractivity contribution < 1.29 is 0 Å². The fraction of sp³-hybridized carbons (Fsp3) is 0. The Balaban J connectivity index is 1.07. The number of nitrogens with zero attached hydrogens (tertiary/aromatic N) is 12. The first-order valence-electron chi connectivity index (χ1n) is 32.4. The molecule has 0 aliphatic rings. The van der Waals surface area contributed by atoms with Crippen LogP contribution in [0.3, 0.4) is 0 Å². The fourth-order valence-electron chi connectivity index (χ4n) is 13.3. The molecule has 0 atom stereocenters. The predicted molar refractivity (Wildman–Crippen MR) is 397 cm³/mol. The molecule has 99 heavy (non-hydrogen) atoms. The van der Waals surface area contributed by atoms with Crippen molar-refractivity contribution in [2.24, 2.45) is 0 Å². The molecule has 0 bridgehead atoms. The lowest BCUT2D eigenvalue weighted by atomic mass is 9.88. The predicted octanol–water partition coefficient (Wildman–Crippen LogP) is 20.1. The fourth-order valence-corrected chi connectivity index (χ4v) is 14.5. The summed E-state index contributed by atoms with van der Waals surface area (Å²) < 4.78 is 2.22. The van der Waals surface area contributed by atoms with Crippen LogP contribution < -0.4 is 0 Å². The molecule has 19 aromatic rings. The zero-order valence-electron chi connectivity index (χ0n) is 52.5. The van der Waals surface area contributed by atoms with Crippen molar-refractivity contribution >= 4 is 75.1 Å². The maximum absolute atomic E-state index is 5.73. The van der Waals surface area contributed by atoms with Crippen molar-refractivity contribution in [3.8, 4) is 137 Å². The third-order valence-corrected chi connectivity index (χ3v) is 19.1. The first kappa shape index (κ1) is 57.0. The van der Waals surface area contributed by atoms with Gasteiger partial charge in [0.05, 0.1) is 11.1 Å². The van der Waals surface area contributed by atoms with Gasteiger partial charge in [0, 0.05) is 119 Å². The molecule has 0 saturated carbocycles. The van der Waals surface area contributed by atoms with Gasteiger partial charge in [-0.15, -0.1) is 11.3 Å². The molecule has 462 valence electrons. The zero-order chi connectivity index (χ0) is 65.3. The molecule has 15 heteroatoms. The van der Waals surface area contributed by atoms with Crippen LogP contribution in [0.1, 0.15) is 0 Å². The number of fused-ring (bicyclic) bond motifs is 9. The monoisotopic (exact) mass is 1290 g/mol. The second kappa shape index (κ2) is 23.8. The van der Waals surface area contributed by atoms with Gasteiger partial charge in [0.15, 0.2) is 69.9 Å². The van der Waals surface area contributed by atoms with Gasteiger partial charge in [0.25, 0.3) is 0 Å². The summed E-state index contributed by atoms with van der Waals surface area (Å²) >= 11 is 1.75. The van der Waals surface area contributed by atoms with Crippen molar-refractivity contribution in [3.05, 3.63) is 291 Å². The van der Waals surface area contributed by atoms with Gasteiger partial charge in [0.2, 0.25) is 0 Å². The van der Waals surface area contributed by atoms with E-state index in [-0.39, 0.29) is 11.6 Å². The number of nitrogens with one attached hydrogen (secondary N) is 2. The number of aromatic nitrogens is 14. The van der Waals surface area contributed by atoms with E-state index in [9.17, 15) is 0 Å². The maximum Gasteiger partial charge on any atom is 0.166 e. The Hall–Kier alpha value is -13.5. The average Bonchev–Trinajstić information content (AvgIpc) is 1.14. The highest BCUT2D eigenvalue weighted by Gasteiger charge is 2.35. The van der Waals surface area contributed by atoms with E-state index in [4.69, 9.17) is 59.8 Å². The highest BCUT2D eigenvalue weighted by molar-refractivity contribution is 7.26. The van der Waals surface area contributed by atoms with Crippen molar-refractivity contribution in [2.45, 2.75) is 0 Å². The Morgan fingerprint density at radius 1 is 0.192 bits per heavy atom. The molecule has 0 amide bonds. The van der Waals surface area contributed by atoms with Crippen LogP contribution >= 0.6 is 11.3 Å². The molecule has 0 aliphatic heterocycles. The molecule has 0 spiro atoms. The van der Waals surface area contributed by atoms with Gasteiger partial charge in [-0.25, -0.2) is 59.8 Å². The standard InChI is InChI=1S/C84H50N14S/c1-9-27-49(28-10-1)73-87-74(50-29-11-2-12-30-50)92-81(91-73)68-67-61-46-60-59-45-58-57-43-25-26-44-62(57)85-63(58)47-65(59)99-66(60)48-64(61)86-72(67)71(84-97-79(55-39-21-7-22-40-55)90-80(98-84)56-41-23-8-24-42-56)70(83-95-77(53-35-17-5-18-36-53)89-78(96-83)54-37-19-6-20-38-54)69(68)82-93-75(51-31-13-3-14-32-51)88-76(94-82)52-33-15-4-16-34-52/h1-48,85-86H. The number of hydrogen-bond acceptors (Lipinski definition) is 13. The summed E-state index contributed by atoms with van der Waals surface area (Å²) in [5.74, 6) is 4.59. The lowest BCUT2D eigenvalue weighted by Gasteiger charge is -2.21. The molecule has 2 N–H and O–H groups in total. The zero-order valence-corrected chi connectivity index (χ0v) is 53.3. The lowest BCUT2D eigenvalue weighted by molar-refractivity contribution is 1.05. The van der Waals surface area contributed by atoms with Crippen molar-refractivity contribution in [1.82, 2.24) is 69.8 Å². The minimum atomic E-state index is 0.260. The SMILES string of the molecule is c1ccc(-c2nc(-c3ccccc3)nc(-c3c(-c4nc(-c5ccccc5)nc(-c5ccccc5)n4)c(-c4nc(-c5ccccc5)nc(-c5ccccc5)n4)c4c([nH]c5cc6sc7cc8[nH]c9ccccc9c8cc7c6cc54)c3-c3nc(-c4ccccc4)nc(-c4ccccc4)n3)n2)cc1. The summed E-state index contributed by atoms with van der Waals surface area (Å²) in [5.41, 5.74) is 11.8. The van der Waals surface area contributed by atoms with E-state index in [0.29, 0.717) is 86.0 Å². The molecule has 0 aliphatic carbocycles. The van der Waals surface area contributed by atoms with E-state index in [1.807, 2.05) is 243 Å². The first-order chi connectivity index (χ1) is 49.0. The summed E-state index contributed by atoms with van der Waals surface area (Å²) in [6.07, 6.45) is 0. The molecule has 19 rings (SSSR count). The second-order valence-electron chi connectivity index (χ2n) is 24.1. The Kier molecular flexibility index (Phi) is 13.7. The molecule has 7 aromatic heterocycles. The Labute approximate surface area is 569 Å². The normalized spacial score (nSPS) is 11.6. The number of H-pyrrole nitrogens is 2. The minimum Gasteiger partial charge on any atom is -0.354 e. The Morgan fingerprint density at radius 2 is 0.455 bits per heavy atom.